The first-order valence-electron chi connectivity index (χ1n) is 8.44. The number of amides is 1. The highest BCUT2D eigenvalue weighted by Crippen LogP contribution is 2.27. The fourth-order valence-electron chi connectivity index (χ4n) is 3.76. The minimum atomic E-state index is 0.202. The molecule has 1 atom stereocenters. The van der Waals surface area contributed by atoms with E-state index in [-0.39, 0.29) is 5.91 Å². The molecule has 0 bridgehead atoms. The lowest BCUT2D eigenvalue weighted by Crippen LogP contribution is -2.30. The Morgan fingerprint density at radius 3 is 3.00 bits per heavy atom. The lowest BCUT2D eigenvalue weighted by molar-refractivity contribution is -0.129. The number of rotatable bonds is 3. The van der Waals surface area contributed by atoms with Gasteiger partial charge in [-0.2, -0.15) is 0 Å². The quantitative estimate of drug-likeness (QED) is 0.806. The number of likely N-dealkylation sites (tertiary alicyclic amines) is 1. The number of H-pyrrole nitrogens is 1. The minimum absolute atomic E-state index is 0.202. The van der Waals surface area contributed by atoms with Crippen molar-refractivity contribution in [2.45, 2.75) is 25.7 Å². The molecule has 3 heterocycles. The van der Waals surface area contributed by atoms with Gasteiger partial charge in [-0.1, -0.05) is 18.2 Å². The molecule has 1 aliphatic heterocycles. The van der Waals surface area contributed by atoms with Crippen LogP contribution in [0.3, 0.4) is 0 Å². The van der Waals surface area contributed by atoms with Crippen LogP contribution >= 0.6 is 0 Å². The van der Waals surface area contributed by atoms with E-state index in [0.717, 1.165) is 47.5 Å². The second-order valence-corrected chi connectivity index (χ2v) is 6.71. The number of aryl methyl sites for hydroxylation is 2. The highest BCUT2D eigenvalue weighted by molar-refractivity contribution is 5.89. The first-order chi connectivity index (χ1) is 11.6. The Kier molecular flexibility index (Phi) is 3.63. The van der Waals surface area contributed by atoms with E-state index in [1.54, 1.807) is 0 Å². The van der Waals surface area contributed by atoms with Gasteiger partial charge in [-0.05, 0) is 25.0 Å². The summed E-state index contributed by atoms with van der Waals surface area (Å²) in [6.07, 6.45) is 5.45. The maximum absolute atomic E-state index is 12.7. The monoisotopic (exact) mass is 322 g/mol. The minimum Gasteiger partial charge on any atom is -0.361 e. The van der Waals surface area contributed by atoms with Crippen molar-refractivity contribution in [1.29, 1.82) is 0 Å². The molecular formula is C19H22N4O. The van der Waals surface area contributed by atoms with E-state index < -0.39 is 0 Å². The van der Waals surface area contributed by atoms with Crippen molar-refractivity contribution < 1.29 is 4.79 Å². The van der Waals surface area contributed by atoms with Crippen molar-refractivity contribution in [1.82, 2.24) is 19.4 Å². The third kappa shape index (κ3) is 2.60. The molecule has 1 fully saturated rings. The number of imidazole rings is 1. The number of nitrogens with one attached hydrogen (secondary N) is 1. The summed E-state index contributed by atoms with van der Waals surface area (Å²) in [5, 5.41) is 1.14. The third-order valence-electron chi connectivity index (χ3n) is 4.96. The number of hydrogen-bond donors (Lipinski definition) is 1. The van der Waals surface area contributed by atoms with Gasteiger partial charge in [-0.3, -0.25) is 4.79 Å². The summed E-state index contributed by atoms with van der Waals surface area (Å²) in [5.74, 6) is 1.64. The predicted octanol–water partition coefficient (Wildman–Crippen LogP) is 2.77. The van der Waals surface area contributed by atoms with Crippen LogP contribution in [0.15, 0.2) is 36.7 Å². The van der Waals surface area contributed by atoms with E-state index in [0.29, 0.717) is 12.3 Å². The summed E-state index contributed by atoms with van der Waals surface area (Å²) in [7, 11) is 2.03. The molecule has 5 nitrogen and oxygen atoms in total. The normalized spacial score (nSPS) is 17.8. The number of aromatic nitrogens is 3. The van der Waals surface area contributed by atoms with Crippen LogP contribution in [0, 0.1) is 6.92 Å². The van der Waals surface area contributed by atoms with Crippen LogP contribution in [0.1, 0.15) is 29.4 Å². The smallest absolute Gasteiger partial charge is 0.227 e. The highest BCUT2D eigenvalue weighted by Gasteiger charge is 2.30. The van der Waals surface area contributed by atoms with E-state index in [1.807, 2.05) is 49.5 Å². The lowest BCUT2D eigenvalue weighted by Gasteiger charge is -2.16. The van der Waals surface area contributed by atoms with Gasteiger partial charge in [0.1, 0.15) is 5.82 Å². The van der Waals surface area contributed by atoms with Crippen molar-refractivity contribution in [2.75, 3.05) is 13.1 Å². The molecule has 24 heavy (non-hydrogen) atoms. The summed E-state index contributed by atoms with van der Waals surface area (Å²) in [4.78, 5) is 22.6. The molecule has 1 aliphatic rings. The fraction of sp³-hybridized carbons (Fsp3) is 0.368. The van der Waals surface area contributed by atoms with Gasteiger partial charge in [0, 0.05) is 49.4 Å². The summed E-state index contributed by atoms with van der Waals surface area (Å²) < 4.78 is 2.09. The molecule has 5 heteroatoms. The molecular weight excluding hydrogens is 300 g/mol. The van der Waals surface area contributed by atoms with Gasteiger partial charge in [-0.25, -0.2) is 4.98 Å². The van der Waals surface area contributed by atoms with E-state index in [2.05, 4.69) is 20.6 Å². The Morgan fingerprint density at radius 2 is 2.21 bits per heavy atom. The molecule has 0 radical (unpaired) electrons. The van der Waals surface area contributed by atoms with Crippen molar-refractivity contribution in [3.8, 4) is 0 Å². The predicted molar refractivity (Wildman–Crippen MR) is 93.9 cm³/mol. The van der Waals surface area contributed by atoms with Crippen LogP contribution in [-0.4, -0.2) is 38.4 Å². The number of para-hydroxylation sites is 1. The number of benzene rings is 1. The van der Waals surface area contributed by atoms with Gasteiger partial charge < -0.3 is 14.5 Å². The Hall–Kier alpha value is -2.56. The maximum atomic E-state index is 12.7. The second kappa shape index (κ2) is 5.82. The average Bonchev–Trinajstić information content (AvgIpc) is 3.26. The van der Waals surface area contributed by atoms with Crippen LogP contribution in [0.5, 0.6) is 0 Å². The number of carbonyl (C=O) groups is 1. The third-order valence-corrected chi connectivity index (χ3v) is 4.96. The molecule has 0 saturated carbocycles. The van der Waals surface area contributed by atoms with Crippen LogP contribution < -0.4 is 0 Å². The Bertz CT molecular complexity index is 892. The first-order valence-corrected chi connectivity index (χ1v) is 8.44. The number of nitrogens with zero attached hydrogens (tertiary/aromatic N) is 3. The van der Waals surface area contributed by atoms with E-state index >= 15 is 0 Å². The van der Waals surface area contributed by atoms with E-state index in [9.17, 15) is 4.79 Å². The standard InChI is InChI=1S/C19H22N4O/c1-13-11-22(2)19(21-13)14-7-8-23(12-14)18(24)9-15-10-20-17-6-4-3-5-16(15)17/h3-6,10-11,14,20H,7-9,12H2,1-2H3/t14-/m1/s1. The van der Waals surface area contributed by atoms with E-state index in [4.69, 9.17) is 0 Å². The zero-order valence-electron chi connectivity index (χ0n) is 14.1. The number of carbonyl (C=O) groups excluding carboxylic acids is 1. The molecule has 4 rings (SSSR count). The van der Waals surface area contributed by atoms with Gasteiger partial charge in [0.25, 0.3) is 0 Å². The number of aromatic amines is 1. The van der Waals surface area contributed by atoms with Gasteiger partial charge in [0.15, 0.2) is 0 Å². The van der Waals surface area contributed by atoms with Gasteiger partial charge in [0.2, 0.25) is 5.91 Å². The molecule has 1 amide bonds. The zero-order chi connectivity index (χ0) is 16.7. The average molecular weight is 322 g/mol. The molecule has 1 N–H and O–H groups in total. The Labute approximate surface area is 141 Å². The van der Waals surface area contributed by atoms with Crippen molar-refractivity contribution >= 4 is 16.8 Å². The van der Waals surface area contributed by atoms with Gasteiger partial charge in [0.05, 0.1) is 12.1 Å². The Morgan fingerprint density at radius 1 is 1.38 bits per heavy atom. The number of hydrogen-bond acceptors (Lipinski definition) is 2. The fourth-order valence-corrected chi connectivity index (χ4v) is 3.76. The summed E-state index contributed by atoms with van der Waals surface area (Å²) in [5.41, 5.74) is 3.20. The second-order valence-electron chi connectivity index (χ2n) is 6.71. The van der Waals surface area contributed by atoms with E-state index in [1.165, 1.54) is 0 Å². The molecule has 0 spiro atoms. The largest absolute Gasteiger partial charge is 0.361 e. The molecule has 0 aliphatic carbocycles. The summed E-state index contributed by atoms with van der Waals surface area (Å²) >= 11 is 0. The maximum Gasteiger partial charge on any atom is 0.227 e. The molecule has 3 aromatic rings. The first kappa shape index (κ1) is 15.0. The summed E-state index contributed by atoms with van der Waals surface area (Å²) in [6, 6.07) is 8.13. The molecule has 2 aromatic heterocycles. The molecule has 1 saturated heterocycles. The van der Waals surface area contributed by atoms with Crippen LogP contribution in [0.25, 0.3) is 10.9 Å². The Balaban J connectivity index is 1.47. The lowest BCUT2D eigenvalue weighted by atomic mass is 10.1. The van der Waals surface area contributed by atoms with Gasteiger partial charge >= 0.3 is 0 Å². The molecule has 124 valence electrons. The number of fused-ring (bicyclic) bond motifs is 1. The molecule has 0 unspecified atom stereocenters. The summed E-state index contributed by atoms with van der Waals surface area (Å²) in [6.45, 7) is 3.60. The zero-order valence-corrected chi connectivity index (χ0v) is 14.1. The van der Waals surface area contributed by atoms with Crippen LogP contribution in [-0.2, 0) is 18.3 Å². The van der Waals surface area contributed by atoms with Crippen molar-refractivity contribution in [3.63, 3.8) is 0 Å². The van der Waals surface area contributed by atoms with Crippen molar-refractivity contribution in [2.24, 2.45) is 7.05 Å². The SMILES string of the molecule is Cc1cn(C)c([C@@H]2CCN(C(=O)Cc3c[nH]c4ccccc34)C2)n1. The van der Waals surface area contributed by atoms with Gasteiger partial charge in [-0.15, -0.1) is 0 Å². The van der Waals surface area contributed by atoms with Crippen LogP contribution in [0.2, 0.25) is 0 Å². The van der Waals surface area contributed by atoms with Crippen LogP contribution in [0.4, 0.5) is 0 Å². The highest BCUT2D eigenvalue weighted by atomic mass is 16.2. The van der Waals surface area contributed by atoms with Crippen molar-refractivity contribution in [3.05, 3.63) is 53.7 Å². The molecule has 1 aromatic carbocycles. The topological polar surface area (TPSA) is 53.9 Å².